The second-order valence-electron chi connectivity index (χ2n) is 5.89. The standard InChI is InChI=1S/C15H31NO/c1-4-14-7-5-8-15(11-14)17-10-6-9-16-12-13(2)3/h13-16H,4-12H2,1-3H3. The first-order chi connectivity index (χ1) is 8.22. The SMILES string of the molecule is CCC1CCCC(OCCCNCC(C)C)C1. The summed E-state index contributed by atoms with van der Waals surface area (Å²) in [7, 11) is 0. The molecule has 0 aromatic rings. The highest BCUT2D eigenvalue weighted by atomic mass is 16.5. The van der Waals surface area contributed by atoms with Gasteiger partial charge in [0, 0.05) is 6.61 Å². The van der Waals surface area contributed by atoms with E-state index >= 15 is 0 Å². The minimum Gasteiger partial charge on any atom is -0.378 e. The Morgan fingerprint density at radius 3 is 2.82 bits per heavy atom. The molecule has 1 N–H and O–H groups in total. The van der Waals surface area contributed by atoms with Crippen LogP contribution >= 0.6 is 0 Å². The zero-order valence-corrected chi connectivity index (χ0v) is 12.0. The maximum absolute atomic E-state index is 5.98. The topological polar surface area (TPSA) is 21.3 Å². The van der Waals surface area contributed by atoms with Crippen LogP contribution in [0.25, 0.3) is 0 Å². The van der Waals surface area contributed by atoms with Gasteiger partial charge in [-0.05, 0) is 44.2 Å². The monoisotopic (exact) mass is 241 g/mol. The Labute approximate surface area is 108 Å². The summed E-state index contributed by atoms with van der Waals surface area (Å²) in [5.41, 5.74) is 0. The van der Waals surface area contributed by atoms with Gasteiger partial charge < -0.3 is 10.1 Å². The van der Waals surface area contributed by atoms with E-state index in [1.54, 1.807) is 0 Å². The molecule has 0 aromatic heterocycles. The van der Waals surface area contributed by atoms with E-state index in [0.29, 0.717) is 6.10 Å². The molecule has 2 nitrogen and oxygen atoms in total. The molecule has 102 valence electrons. The third-order valence-electron chi connectivity index (χ3n) is 3.72. The summed E-state index contributed by atoms with van der Waals surface area (Å²) in [6.07, 6.45) is 8.42. The van der Waals surface area contributed by atoms with Crippen molar-refractivity contribution in [1.82, 2.24) is 5.32 Å². The van der Waals surface area contributed by atoms with Crippen molar-refractivity contribution in [2.75, 3.05) is 19.7 Å². The van der Waals surface area contributed by atoms with Gasteiger partial charge in [-0.15, -0.1) is 0 Å². The molecule has 2 atom stereocenters. The highest BCUT2D eigenvalue weighted by Gasteiger charge is 2.20. The van der Waals surface area contributed by atoms with Crippen molar-refractivity contribution in [2.24, 2.45) is 11.8 Å². The lowest BCUT2D eigenvalue weighted by Gasteiger charge is -2.28. The van der Waals surface area contributed by atoms with Gasteiger partial charge in [0.05, 0.1) is 6.10 Å². The van der Waals surface area contributed by atoms with Crippen molar-refractivity contribution in [3.05, 3.63) is 0 Å². The summed E-state index contributed by atoms with van der Waals surface area (Å²) >= 11 is 0. The van der Waals surface area contributed by atoms with Crippen LogP contribution in [0.15, 0.2) is 0 Å². The molecule has 0 bridgehead atoms. The molecule has 1 saturated carbocycles. The molecule has 1 rings (SSSR count). The van der Waals surface area contributed by atoms with Crippen LogP contribution in [-0.4, -0.2) is 25.8 Å². The van der Waals surface area contributed by atoms with Gasteiger partial charge in [-0.25, -0.2) is 0 Å². The number of hydrogen-bond acceptors (Lipinski definition) is 2. The van der Waals surface area contributed by atoms with Crippen molar-refractivity contribution in [3.63, 3.8) is 0 Å². The Morgan fingerprint density at radius 2 is 2.12 bits per heavy atom. The summed E-state index contributed by atoms with van der Waals surface area (Å²) in [5.74, 6) is 1.67. The molecule has 17 heavy (non-hydrogen) atoms. The summed E-state index contributed by atoms with van der Waals surface area (Å²) in [6, 6.07) is 0. The highest BCUT2D eigenvalue weighted by Crippen LogP contribution is 2.28. The van der Waals surface area contributed by atoms with Crippen LogP contribution in [-0.2, 0) is 4.74 Å². The van der Waals surface area contributed by atoms with E-state index in [1.165, 1.54) is 32.1 Å². The van der Waals surface area contributed by atoms with Crippen molar-refractivity contribution >= 4 is 0 Å². The lowest BCUT2D eigenvalue weighted by Crippen LogP contribution is -2.25. The number of ether oxygens (including phenoxy) is 1. The van der Waals surface area contributed by atoms with Gasteiger partial charge in [0.15, 0.2) is 0 Å². The lowest BCUT2D eigenvalue weighted by atomic mass is 9.85. The molecule has 0 amide bonds. The molecule has 2 heteroatoms. The van der Waals surface area contributed by atoms with Gasteiger partial charge in [0.2, 0.25) is 0 Å². The van der Waals surface area contributed by atoms with E-state index in [4.69, 9.17) is 4.74 Å². The molecule has 0 heterocycles. The van der Waals surface area contributed by atoms with Gasteiger partial charge in [-0.3, -0.25) is 0 Å². The molecule has 1 aliphatic carbocycles. The van der Waals surface area contributed by atoms with Crippen LogP contribution in [0.1, 0.15) is 59.3 Å². The smallest absolute Gasteiger partial charge is 0.0577 e. The third-order valence-corrected chi connectivity index (χ3v) is 3.72. The highest BCUT2D eigenvalue weighted by molar-refractivity contribution is 4.72. The van der Waals surface area contributed by atoms with E-state index in [0.717, 1.165) is 38.0 Å². The van der Waals surface area contributed by atoms with Crippen molar-refractivity contribution in [1.29, 1.82) is 0 Å². The molecule has 0 aliphatic heterocycles. The largest absolute Gasteiger partial charge is 0.378 e. The minimum absolute atomic E-state index is 0.554. The Kier molecular flexibility index (Phi) is 7.87. The van der Waals surface area contributed by atoms with Gasteiger partial charge >= 0.3 is 0 Å². The molecular formula is C15H31NO. The van der Waals surface area contributed by atoms with Crippen molar-refractivity contribution in [3.8, 4) is 0 Å². The Morgan fingerprint density at radius 1 is 1.29 bits per heavy atom. The Bertz CT molecular complexity index is 182. The molecule has 0 saturated heterocycles. The minimum atomic E-state index is 0.554. The number of hydrogen-bond donors (Lipinski definition) is 1. The predicted molar refractivity (Wildman–Crippen MR) is 74.3 cm³/mol. The zero-order chi connectivity index (χ0) is 12.5. The van der Waals surface area contributed by atoms with Gasteiger partial charge in [0.1, 0.15) is 0 Å². The normalized spacial score (nSPS) is 25.4. The fourth-order valence-electron chi connectivity index (χ4n) is 2.60. The van der Waals surface area contributed by atoms with Crippen LogP contribution in [0.3, 0.4) is 0 Å². The maximum Gasteiger partial charge on any atom is 0.0577 e. The second-order valence-corrected chi connectivity index (χ2v) is 5.89. The van der Waals surface area contributed by atoms with E-state index in [2.05, 4.69) is 26.1 Å². The molecule has 1 fully saturated rings. The molecule has 0 spiro atoms. The van der Waals surface area contributed by atoms with Crippen LogP contribution in [0, 0.1) is 11.8 Å². The number of nitrogens with one attached hydrogen (secondary N) is 1. The Hall–Kier alpha value is -0.0800. The van der Waals surface area contributed by atoms with Gasteiger partial charge in [0.25, 0.3) is 0 Å². The van der Waals surface area contributed by atoms with E-state index < -0.39 is 0 Å². The van der Waals surface area contributed by atoms with E-state index in [-0.39, 0.29) is 0 Å². The van der Waals surface area contributed by atoms with Crippen molar-refractivity contribution in [2.45, 2.75) is 65.4 Å². The van der Waals surface area contributed by atoms with Crippen molar-refractivity contribution < 1.29 is 4.74 Å². The van der Waals surface area contributed by atoms with Crippen LogP contribution in [0.4, 0.5) is 0 Å². The van der Waals surface area contributed by atoms with Gasteiger partial charge in [-0.2, -0.15) is 0 Å². The average molecular weight is 241 g/mol. The predicted octanol–water partition coefficient (Wildman–Crippen LogP) is 3.61. The van der Waals surface area contributed by atoms with Gasteiger partial charge in [-0.1, -0.05) is 40.0 Å². The molecule has 0 aromatic carbocycles. The Balaban J connectivity index is 1.95. The third kappa shape index (κ3) is 7.05. The summed E-state index contributed by atoms with van der Waals surface area (Å²) in [6.45, 7) is 9.96. The summed E-state index contributed by atoms with van der Waals surface area (Å²) < 4.78 is 5.98. The fraction of sp³-hybridized carbons (Fsp3) is 1.00. The molecular weight excluding hydrogens is 210 g/mol. The maximum atomic E-state index is 5.98. The number of rotatable bonds is 8. The molecule has 2 unspecified atom stereocenters. The van der Waals surface area contributed by atoms with E-state index in [9.17, 15) is 0 Å². The average Bonchev–Trinajstić information content (AvgIpc) is 2.33. The quantitative estimate of drug-likeness (QED) is 0.656. The van der Waals surface area contributed by atoms with E-state index in [1.807, 2.05) is 0 Å². The molecule has 1 aliphatic rings. The zero-order valence-electron chi connectivity index (χ0n) is 12.0. The molecule has 0 radical (unpaired) electrons. The summed E-state index contributed by atoms with van der Waals surface area (Å²) in [4.78, 5) is 0. The lowest BCUT2D eigenvalue weighted by molar-refractivity contribution is 0.0115. The second kappa shape index (κ2) is 8.93. The first kappa shape index (κ1) is 15.0. The van der Waals surface area contributed by atoms with Crippen LogP contribution in [0.2, 0.25) is 0 Å². The fourth-order valence-corrected chi connectivity index (χ4v) is 2.60. The summed E-state index contributed by atoms with van der Waals surface area (Å²) in [5, 5.41) is 3.46. The first-order valence-corrected chi connectivity index (χ1v) is 7.54. The van der Waals surface area contributed by atoms with Crippen LogP contribution < -0.4 is 5.32 Å². The van der Waals surface area contributed by atoms with Crippen LogP contribution in [0.5, 0.6) is 0 Å². The first-order valence-electron chi connectivity index (χ1n) is 7.54.